The standard InChI is InChI=1S/C15H18O4/c1-9-7-10(12(16)5-6-13(17)18)14(19)11(8-9)15(2,3)4/h5-8,19H,1-4H3,(H,17,18)/b6-5+. The summed E-state index contributed by atoms with van der Waals surface area (Å²) in [7, 11) is 0. The fourth-order valence-corrected chi connectivity index (χ4v) is 1.78. The fraction of sp³-hybridized carbons (Fsp3) is 0.333. The zero-order chi connectivity index (χ0) is 14.8. The van der Waals surface area contributed by atoms with Gasteiger partial charge in [0.2, 0.25) is 0 Å². The Morgan fingerprint density at radius 3 is 2.21 bits per heavy atom. The normalized spacial score (nSPS) is 11.8. The van der Waals surface area contributed by atoms with Crippen LogP contribution in [-0.4, -0.2) is 22.0 Å². The van der Waals surface area contributed by atoms with Crippen molar-refractivity contribution in [2.24, 2.45) is 0 Å². The van der Waals surface area contributed by atoms with Gasteiger partial charge in [0.15, 0.2) is 5.78 Å². The van der Waals surface area contributed by atoms with Crippen molar-refractivity contribution in [3.8, 4) is 5.75 Å². The van der Waals surface area contributed by atoms with E-state index in [1.54, 1.807) is 6.07 Å². The van der Waals surface area contributed by atoms with Crippen LogP contribution in [0.1, 0.15) is 42.3 Å². The van der Waals surface area contributed by atoms with Gasteiger partial charge < -0.3 is 10.2 Å². The van der Waals surface area contributed by atoms with Gasteiger partial charge in [-0.05, 0) is 30.0 Å². The lowest BCUT2D eigenvalue weighted by Gasteiger charge is -2.22. The summed E-state index contributed by atoms with van der Waals surface area (Å²) in [4.78, 5) is 22.3. The first-order valence-electron chi connectivity index (χ1n) is 5.92. The maximum absolute atomic E-state index is 11.9. The van der Waals surface area contributed by atoms with Gasteiger partial charge in [-0.25, -0.2) is 4.79 Å². The quantitative estimate of drug-likeness (QED) is 0.649. The molecule has 0 fully saturated rings. The first-order chi connectivity index (χ1) is 8.62. The Bertz CT molecular complexity index is 548. The van der Waals surface area contributed by atoms with Crippen LogP contribution < -0.4 is 0 Å². The number of phenolic OH excluding ortho intramolecular Hbond substituents is 1. The van der Waals surface area contributed by atoms with Gasteiger partial charge in [-0.3, -0.25) is 4.79 Å². The largest absolute Gasteiger partial charge is 0.507 e. The SMILES string of the molecule is Cc1cc(C(=O)/C=C/C(=O)O)c(O)c(C(C)(C)C)c1. The van der Waals surface area contributed by atoms with E-state index in [0.717, 1.165) is 17.7 Å². The van der Waals surface area contributed by atoms with Gasteiger partial charge >= 0.3 is 5.97 Å². The number of hydrogen-bond acceptors (Lipinski definition) is 3. The first kappa shape index (κ1) is 15.0. The maximum Gasteiger partial charge on any atom is 0.328 e. The molecule has 0 atom stereocenters. The van der Waals surface area contributed by atoms with E-state index in [1.165, 1.54) is 0 Å². The van der Waals surface area contributed by atoms with E-state index in [4.69, 9.17) is 5.11 Å². The molecule has 19 heavy (non-hydrogen) atoms. The molecule has 0 amide bonds. The van der Waals surface area contributed by atoms with Crippen molar-refractivity contribution in [1.29, 1.82) is 0 Å². The molecular weight excluding hydrogens is 244 g/mol. The minimum atomic E-state index is -1.20. The van der Waals surface area contributed by atoms with Crippen molar-refractivity contribution in [1.82, 2.24) is 0 Å². The van der Waals surface area contributed by atoms with Crippen molar-refractivity contribution in [2.75, 3.05) is 0 Å². The molecule has 0 saturated carbocycles. The van der Waals surface area contributed by atoms with Gasteiger partial charge in [0.1, 0.15) is 5.75 Å². The third-order valence-corrected chi connectivity index (χ3v) is 2.71. The molecule has 0 aliphatic carbocycles. The number of aliphatic carboxylic acids is 1. The number of rotatable bonds is 3. The Hall–Kier alpha value is -2.10. The Morgan fingerprint density at radius 2 is 1.74 bits per heavy atom. The van der Waals surface area contributed by atoms with Gasteiger partial charge in [0.05, 0.1) is 5.56 Å². The van der Waals surface area contributed by atoms with Crippen LogP contribution >= 0.6 is 0 Å². The highest BCUT2D eigenvalue weighted by Crippen LogP contribution is 2.34. The summed E-state index contributed by atoms with van der Waals surface area (Å²) in [6, 6.07) is 3.38. The van der Waals surface area contributed by atoms with E-state index in [0.29, 0.717) is 5.56 Å². The second kappa shape index (κ2) is 5.26. The van der Waals surface area contributed by atoms with E-state index < -0.39 is 11.8 Å². The zero-order valence-corrected chi connectivity index (χ0v) is 11.5. The molecule has 102 valence electrons. The lowest BCUT2D eigenvalue weighted by Crippen LogP contribution is -2.13. The number of hydrogen-bond donors (Lipinski definition) is 2. The number of carbonyl (C=O) groups excluding carboxylic acids is 1. The first-order valence-corrected chi connectivity index (χ1v) is 5.92. The maximum atomic E-state index is 11.9. The van der Waals surface area contributed by atoms with Crippen molar-refractivity contribution >= 4 is 11.8 Å². The predicted octanol–water partition coefficient (Wildman–Crippen LogP) is 2.82. The molecule has 0 aromatic heterocycles. The monoisotopic (exact) mass is 262 g/mol. The highest BCUT2D eigenvalue weighted by Gasteiger charge is 2.22. The van der Waals surface area contributed by atoms with E-state index in [2.05, 4.69) is 0 Å². The lowest BCUT2D eigenvalue weighted by atomic mass is 9.83. The van der Waals surface area contributed by atoms with Gasteiger partial charge in [-0.2, -0.15) is 0 Å². The molecule has 0 aliphatic heterocycles. The molecule has 0 spiro atoms. The Morgan fingerprint density at radius 1 is 1.16 bits per heavy atom. The van der Waals surface area contributed by atoms with Crippen LogP contribution in [0.3, 0.4) is 0 Å². The van der Waals surface area contributed by atoms with Gasteiger partial charge in [-0.1, -0.05) is 26.8 Å². The van der Waals surface area contributed by atoms with Crippen molar-refractivity contribution in [3.63, 3.8) is 0 Å². The summed E-state index contributed by atoms with van der Waals surface area (Å²) >= 11 is 0. The number of ketones is 1. The summed E-state index contributed by atoms with van der Waals surface area (Å²) < 4.78 is 0. The molecule has 1 rings (SSSR count). The van der Waals surface area contributed by atoms with Crippen LogP contribution in [-0.2, 0) is 10.2 Å². The van der Waals surface area contributed by atoms with E-state index >= 15 is 0 Å². The number of allylic oxidation sites excluding steroid dienone is 1. The van der Waals surface area contributed by atoms with E-state index in [1.807, 2.05) is 33.8 Å². The molecule has 4 nitrogen and oxygen atoms in total. The fourth-order valence-electron chi connectivity index (χ4n) is 1.78. The predicted molar refractivity (Wildman–Crippen MR) is 72.7 cm³/mol. The molecule has 0 heterocycles. The Labute approximate surface area is 112 Å². The Kier molecular flexibility index (Phi) is 4.14. The second-order valence-electron chi connectivity index (χ2n) is 5.49. The van der Waals surface area contributed by atoms with Crippen molar-refractivity contribution in [2.45, 2.75) is 33.1 Å². The number of carbonyl (C=O) groups is 2. The summed E-state index contributed by atoms with van der Waals surface area (Å²) in [5.74, 6) is -1.80. The molecule has 0 radical (unpaired) electrons. The third-order valence-electron chi connectivity index (χ3n) is 2.71. The zero-order valence-electron chi connectivity index (χ0n) is 11.5. The number of phenols is 1. The van der Waals surface area contributed by atoms with Crippen LogP contribution in [0.4, 0.5) is 0 Å². The Balaban J connectivity index is 3.34. The number of carboxylic acids is 1. The molecule has 1 aromatic carbocycles. The van der Waals surface area contributed by atoms with Crippen LogP contribution in [0.25, 0.3) is 0 Å². The minimum Gasteiger partial charge on any atom is -0.507 e. The van der Waals surface area contributed by atoms with Crippen LogP contribution in [0.5, 0.6) is 5.75 Å². The van der Waals surface area contributed by atoms with Crippen molar-refractivity contribution in [3.05, 3.63) is 41.0 Å². The van der Waals surface area contributed by atoms with Crippen molar-refractivity contribution < 1.29 is 19.8 Å². The average Bonchev–Trinajstić information content (AvgIpc) is 2.27. The summed E-state index contributed by atoms with van der Waals surface area (Å²) in [6.45, 7) is 7.63. The van der Waals surface area contributed by atoms with Crippen LogP contribution in [0.2, 0.25) is 0 Å². The van der Waals surface area contributed by atoms with Gasteiger partial charge in [-0.15, -0.1) is 0 Å². The summed E-state index contributed by atoms with van der Waals surface area (Å²) in [5.41, 5.74) is 1.33. The number of aryl methyl sites for hydroxylation is 1. The number of carboxylic acid groups (broad SMARTS) is 1. The smallest absolute Gasteiger partial charge is 0.328 e. The molecule has 1 aromatic rings. The molecule has 0 bridgehead atoms. The third kappa shape index (κ3) is 3.68. The van der Waals surface area contributed by atoms with E-state index in [9.17, 15) is 14.7 Å². The number of aromatic hydroxyl groups is 1. The molecule has 0 saturated heterocycles. The van der Waals surface area contributed by atoms with E-state index in [-0.39, 0.29) is 16.7 Å². The highest BCUT2D eigenvalue weighted by atomic mass is 16.4. The van der Waals surface area contributed by atoms with Crippen LogP contribution in [0.15, 0.2) is 24.3 Å². The molecule has 2 N–H and O–H groups in total. The van der Waals surface area contributed by atoms with Gasteiger partial charge in [0.25, 0.3) is 0 Å². The number of benzene rings is 1. The minimum absolute atomic E-state index is 0.0851. The molecule has 0 unspecified atom stereocenters. The van der Waals surface area contributed by atoms with Crippen LogP contribution in [0, 0.1) is 6.92 Å². The topological polar surface area (TPSA) is 74.6 Å². The molecule has 4 heteroatoms. The van der Waals surface area contributed by atoms with Gasteiger partial charge in [0, 0.05) is 11.6 Å². The molecular formula is C15H18O4. The summed E-state index contributed by atoms with van der Waals surface area (Å²) in [5, 5.41) is 18.7. The molecule has 0 aliphatic rings. The second-order valence-corrected chi connectivity index (χ2v) is 5.49. The average molecular weight is 262 g/mol. The lowest BCUT2D eigenvalue weighted by molar-refractivity contribution is -0.131. The summed E-state index contributed by atoms with van der Waals surface area (Å²) in [6.07, 6.45) is 1.71. The highest BCUT2D eigenvalue weighted by molar-refractivity contribution is 6.08.